The third kappa shape index (κ3) is 5.01. The topological polar surface area (TPSA) is 32.3 Å². The van der Waals surface area contributed by atoms with Gasteiger partial charge in [-0.2, -0.15) is 0 Å². The highest BCUT2D eigenvalue weighted by Crippen LogP contribution is 2.31. The largest absolute Gasteiger partial charge is 0.388 e. The second kappa shape index (κ2) is 8.59. The van der Waals surface area contributed by atoms with E-state index in [-0.39, 0.29) is 6.04 Å². The molecule has 3 aromatic carbocycles. The molecule has 0 saturated heterocycles. The zero-order valence-electron chi connectivity index (χ0n) is 14.5. The molecule has 4 heteroatoms. The van der Waals surface area contributed by atoms with E-state index in [0.717, 1.165) is 16.8 Å². The van der Waals surface area contributed by atoms with E-state index >= 15 is 0 Å². The molecule has 0 saturated carbocycles. The van der Waals surface area contributed by atoms with Crippen molar-refractivity contribution in [2.75, 3.05) is 5.32 Å². The summed E-state index contributed by atoms with van der Waals surface area (Å²) in [7, 11) is 0. The van der Waals surface area contributed by atoms with Gasteiger partial charge in [-0.15, -0.1) is 0 Å². The molecule has 0 radical (unpaired) electrons. The van der Waals surface area contributed by atoms with Crippen molar-refractivity contribution in [2.24, 2.45) is 0 Å². The number of hydrogen-bond acceptors (Lipinski definition) is 2. The van der Waals surface area contributed by atoms with Crippen molar-refractivity contribution in [1.82, 2.24) is 0 Å². The van der Waals surface area contributed by atoms with E-state index in [1.54, 1.807) is 0 Å². The van der Waals surface area contributed by atoms with Gasteiger partial charge in [0.15, 0.2) is 0 Å². The fraction of sp³-hybridized carbons (Fsp3) is 0.182. The molecule has 0 aromatic heterocycles. The van der Waals surface area contributed by atoms with Crippen LogP contribution >= 0.6 is 23.2 Å². The van der Waals surface area contributed by atoms with Crippen LogP contribution in [-0.2, 0) is 0 Å². The molecule has 2 nitrogen and oxygen atoms in total. The van der Waals surface area contributed by atoms with Crippen molar-refractivity contribution in [3.63, 3.8) is 0 Å². The number of aliphatic hydroxyl groups excluding tert-OH is 1. The maximum absolute atomic E-state index is 10.7. The van der Waals surface area contributed by atoms with Crippen LogP contribution in [0.25, 0.3) is 0 Å². The van der Waals surface area contributed by atoms with E-state index < -0.39 is 6.10 Å². The third-order valence-electron chi connectivity index (χ3n) is 4.38. The maximum Gasteiger partial charge on any atom is 0.0812 e. The van der Waals surface area contributed by atoms with E-state index in [4.69, 9.17) is 23.2 Å². The summed E-state index contributed by atoms with van der Waals surface area (Å²) in [4.78, 5) is 0. The molecule has 2 N–H and O–H groups in total. The highest BCUT2D eigenvalue weighted by molar-refractivity contribution is 6.30. The molecule has 0 amide bonds. The van der Waals surface area contributed by atoms with Gasteiger partial charge in [-0.1, -0.05) is 65.2 Å². The summed E-state index contributed by atoms with van der Waals surface area (Å²) in [6.07, 6.45) is -0.0380. The molecule has 3 aromatic rings. The Morgan fingerprint density at radius 3 is 1.85 bits per heavy atom. The van der Waals surface area contributed by atoms with Crippen LogP contribution in [0.15, 0.2) is 72.8 Å². The number of aryl methyl sites for hydroxylation is 1. The van der Waals surface area contributed by atoms with E-state index in [1.165, 1.54) is 5.56 Å². The van der Waals surface area contributed by atoms with E-state index in [2.05, 4.69) is 5.32 Å². The first-order chi connectivity index (χ1) is 12.5. The molecule has 134 valence electrons. The fourth-order valence-corrected chi connectivity index (χ4v) is 3.12. The highest BCUT2D eigenvalue weighted by atomic mass is 35.5. The Morgan fingerprint density at radius 2 is 1.27 bits per heavy atom. The van der Waals surface area contributed by atoms with Gasteiger partial charge in [0.1, 0.15) is 0 Å². The van der Waals surface area contributed by atoms with Gasteiger partial charge < -0.3 is 10.4 Å². The predicted octanol–water partition coefficient (Wildman–Crippen LogP) is 6.58. The lowest BCUT2D eigenvalue weighted by atomic mass is 9.96. The second-order valence-electron chi connectivity index (χ2n) is 6.42. The van der Waals surface area contributed by atoms with Gasteiger partial charge in [0.05, 0.1) is 12.1 Å². The third-order valence-corrected chi connectivity index (χ3v) is 4.88. The maximum atomic E-state index is 10.7. The van der Waals surface area contributed by atoms with Crippen molar-refractivity contribution in [2.45, 2.75) is 25.5 Å². The van der Waals surface area contributed by atoms with Crippen LogP contribution in [0.1, 0.15) is 35.3 Å². The van der Waals surface area contributed by atoms with Crippen LogP contribution in [0.5, 0.6) is 0 Å². The van der Waals surface area contributed by atoms with Crippen molar-refractivity contribution >= 4 is 28.9 Å². The van der Waals surface area contributed by atoms with Crippen LogP contribution in [0, 0.1) is 6.92 Å². The lowest BCUT2D eigenvalue weighted by Gasteiger charge is -2.24. The first kappa shape index (κ1) is 18.8. The Morgan fingerprint density at radius 1 is 0.769 bits per heavy atom. The zero-order valence-corrected chi connectivity index (χ0v) is 16.0. The minimum absolute atomic E-state index is 0.0651. The smallest absolute Gasteiger partial charge is 0.0812 e. The zero-order chi connectivity index (χ0) is 18.5. The molecular formula is C22H21Cl2NO. The fourth-order valence-electron chi connectivity index (χ4n) is 2.87. The molecule has 0 aliphatic rings. The molecule has 2 unspecified atom stereocenters. The monoisotopic (exact) mass is 385 g/mol. The van der Waals surface area contributed by atoms with Crippen LogP contribution in [0.3, 0.4) is 0 Å². The molecular weight excluding hydrogens is 365 g/mol. The Balaban J connectivity index is 1.83. The molecule has 0 fully saturated rings. The Bertz CT molecular complexity index is 830. The van der Waals surface area contributed by atoms with Gasteiger partial charge in [0.2, 0.25) is 0 Å². The standard InChI is InChI=1S/C22H21Cl2NO/c1-15-2-4-17(5-3-15)22(26)14-21(16-6-8-18(23)9-7-16)25-20-12-10-19(24)11-13-20/h2-13,21-22,25-26H,14H2,1H3. The van der Waals surface area contributed by atoms with E-state index in [0.29, 0.717) is 16.5 Å². The molecule has 26 heavy (non-hydrogen) atoms. The number of halogens is 2. The Hall–Kier alpha value is -2.00. The molecule has 0 aliphatic heterocycles. The number of aliphatic hydroxyl groups is 1. The van der Waals surface area contributed by atoms with Crippen molar-refractivity contribution in [3.05, 3.63) is 99.5 Å². The molecule has 3 rings (SSSR count). The Labute approximate surface area is 164 Å². The first-order valence-electron chi connectivity index (χ1n) is 8.53. The van der Waals surface area contributed by atoms with Gasteiger partial charge in [-0.25, -0.2) is 0 Å². The molecule has 2 atom stereocenters. The van der Waals surface area contributed by atoms with Crippen molar-refractivity contribution in [1.29, 1.82) is 0 Å². The number of nitrogens with one attached hydrogen (secondary N) is 1. The average molecular weight is 386 g/mol. The first-order valence-corrected chi connectivity index (χ1v) is 9.29. The van der Waals surface area contributed by atoms with E-state index in [9.17, 15) is 5.11 Å². The van der Waals surface area contributed by atoms with Crippen molar-refractivity contribution in [3.8, 4) is 0 Å². The summed E-state index contributed by atoms with van der Waals surface area (Å²) in [5, 5.41) is 15.6. The number of hydrogen-bond donors (Lipinski definition) is 2. The normalized spacial score (nSPS) is 13.2. The van der Waals surface area contributed by atoms with Gasteiger partial charge in [0, 0.05) is 22.2 Å². The molecule has 0 aliphatic carbocycles. The van der Waals surface area contributed by atoms with Gasteiger partial charge in [-0.05, 0) is 54.4 Å². The molecule has 0 bridgehead atoms. The van der Waals surface area contributed by atoms with Gasteiger partial charge >= 0.3 is 0 Å². The molecule has 0 spiro atoms. The lowest BCUT2D eigenvalue weighted by Crippen LogP contribution is -2.15. The quantitative estimate of drug-likeness (QED) is 0.502. The predicted molar refractivity (Wildman–Crippen MR) is 110 cm³/mol. The minimum atomic E-state index is -0.573. The minimum Gasteiger partial charge on any atom is -0.388 e. The summed E-state index contributed by atoms with van der Waals surface area (Å²) in [6, 6.07) is 23.2. The number of anilines is 1. The molecule has 0 heterocycles. The summed E-state index contributed by atoms with van der Waals surface area (Å²) >= 11 is 12.0. The number of rotatable bonds is 6. The summed E-state index contributed by atoms with van der Waals surface area (Å²) in [5.41, 5.74) is 4.10. The highest BCUT2D eigenvalue weighted by Gasteiger charge is 2.18. The lowest BCUT2D eigenvalue weighted by molar-refractivity contribution is 0.160. The summed E-state index contributed by atoms with van der Waals surface area (Å²) in [5.74, 6) is 0. The van der Waals surface area contributed by atoms with E-state index in [1.807, 2.05) is 79.7 Å². The Kier molecular flexibility index (Phi) is 6.20. The summed E-state index contributed by atoms with van der Waals surface area (Å²) < 4.78 is 0. The second-order valence-corrected chi connectivity index (χ2v) is 7.29. The SMILES string of the molecule is Cc1ccc(C(O)CC(Nc2ccc(Cl)cc2)c2ccc(Cl)cc2)cc1. The summed E-state index contributed by atoms with van der Waals surface area (Å²) in [6.45, 7) is 2.04. The van der Waals surface area contributed by atoms with Gasteiger partial charge in [-0.3, -0.25) is 0 Å². The van der Waals surface area contributed by atoms with Crippen LogP contribution in [0.4, 0.5) is 5.69 Å². The number of benzene rings is 3. The van der Waals surface area contributed by atoms with Crippen LogP contribution in [-0.4, -0.2) is 5.11 Å². The van der Waals surface area contributed by atoms with Gasteiger partial charge in [0.25, 0.3) is 0 Å². The van der Waals surface area contributed by atoms with Crippen LogP contribution < -0.4 is 5.32 Å². The average Bonchev–Trinajstić information content (AvgIpc) is 2.64. The van der Waals surface area contributed by atoms with Crippen molar-refractivity contribution < 1.29 is 5.11 Å². The van der Waals surface area contributed by atoms with Crippen LogP contribution in [0.2, 0.25) is 10.0 Å².